The van der Waals surface area contributed by atoms with E-state index >= 15 is 0 Å². The first kappa shape index (κ1) is 12.1. The first-order valence-electron chi connectivity index (χ1n) is 4.88. The average Bonchev–Trinajstić information content (AvgIpc) is 2.99. The zero-order valence-electron chi connectivity index (χ0n) is 8.99. The minimum absolute atomic E-state index is 0.281. The van der Waals surface area contributed by atoms with Gasteiger partial charge in [-0.3, -0.25) is 4.79 Å². The first-order chi connectivity index (χ1) is 8.59. The summed E-state index contributed by atoms with van der Waals surface area (Å²) in [5.74, 6) is -2.85. The van der Waals surface area contributed by atoms with Gasteiger partial charge in [0.05, 0.1) is 11.8 Å². The number of aliphatic carboxylic acids is 1. The fourth-order valence-electron chi connectivity index (χ4n) is 1.39. The second-order valence-electron chi connectivity index (χ2n) is 3.37. The van der Waals surface area contributed by atoms with Crippen LogP contribution in [0.5, 0.6) is 0 Å². The van der Waals surface area contributed by atoms with Crippen LogP contribution in [0.3, 0.4) is 0 Å². The molecule has 5 nitrogen and oxygen atoms in total. The highest BCUT2D eigenvalue weighted by Gasteiger charge is 2.16. The largest absolute Gasteiger partial charge is 0.507 e. The lowest BCUT2D eigenvalue weighted by molar-refractivity contribution is -0.146. The third kappa shape index (κ3) is 2.33. The maximum Gasteiger partial charge on any atom is 0.376 e. The summed E-state index contributed by atoms with van der Waals surface area (Å²) in [6.45, 7) is 0. The molecule has 18 heavy (non-hydrogen) atoms. The Hall–Kier alpha value is -2.34. The zero-order chi connectivity index (χ0) is 13.1. The number of rotatable bonds is 4. The van der Waals surface area contributed by atoms with Gasteiger partial charge in [0.1, 0.15) is 11.5 Å². The SMILES string of the molecule is O=C(O)C(=O)C=C(O)c1ccoc1-c1ccsc1. The second-order valence-corrected chi connectivity index (χ2v) is 4.15. The lowest BCUT2D eigenvalue weighted by Crippen LogP contribution is -2.09. The topological polar surface area (TPSA) is 87.7 Å². The van der Waals surface area contributed by atoms with Gasteiger partial charge in [-0.1, -0.05) is 0 Å². The molecule has 0 atom stereocenters. The van der Waals surface area contributed by atoms with E-state index in [1.807, 2.05) is 10.8 Å². The van der Waals surface area contributed by atoms with E-state index in [0.29, 0.717) is 11.8 Å². The number of furan rings is 1. The van der Waals surface area contributed by atoms with Gasteiger partial charge in [0, 0.05) is 17.0 Å². The Morgan fingerprint density at radius 2 is 2.06 bits per heavy atom. The van der Waals surface area contributed by atoms with Crippen molar-refractivity contribution in [1.82, 2.24) is 0 Å². The molecule has 0 aliphatic heterocycles. The molecule has 0 aliphatic carbocycles. The van der Waals surface area contributed by atoms with Crippen molar-refractivity contribution in [2.45, 2.75) is 0 Å². The van der Waals surface area contributed by atoms with Gasteiger partial charge in [0.15, 0.2) is 0 Å². The first-order valence-corrected chi connectivity index (χ1v) is 5.82. The minimum atomic E-state index is -1.62. The van der Waals surface area contributed by atoms with Crippen molar-refractivity contribution in [2.24, 2.45) is 0 Å². The molecular weight excluding hydrogens is 256 g/mol. The molecule has 0 fully saturated rings. The number of carbonyl (C=O) groups is 2. The number of carboxylic acid groups (broad SMARTS) is 1. The average molecular weight is 264 g/mol. The molecular formula is C12H8O5S. The van der Waals surface area contributed by atoms with Crippen LogP contribution < -0.4 is 0 Å². The summed E-state index contributed by atoms with van der Waals surface area (Å²) in [5.41, 5.74) is 1.03. The van der Waals surface area contributed by atoms with Gasteiger partial charge in [-0.2, -0.15) is 11.3 Å². The summed E-state index contributed by atoms with van der Waals surface area (Å²) in [7, 11) is 0. The number of aliphatic hydroxyl groups is 1. The summed E-state index contributed by atoms with van der Waals surface area (Å²) in [6, 6.07) is 3.26. The van der Waals surface area contributed by atoms with Gasteiger partial charge < -0.3 is 14.6 Å². The molecule has 0 saturated heterocycles. The van der Waals surface area contributed by atoms with Crippen LogP contribution >= 0.6 is 11.3 Å². The smallest absolute Gasteiger partial charge is 0.376 e. The van der Waals surface area contributed by atoms with Crippen molar-refractivity contribution < 1.29 is 24.2 Å². The molecule has 2 N–H and O–H groups in total. The summed E-state index contributed by atoms with van der Waals surface area (Å²) >= 11 is 1.45. The summed E-state index contributed by atoms with van der Waals surface area (Å²) in [5, 5.41) is 21.8. The summed E-state index contributed by atoms with van der Waals surface area (Å²) < 4.78 is 5.22. The van der Waals surface area contributed by atoms with Gasteiger partial charge in [0.25, 0.3) is 5.78 Å². The van der Waals surface area contributed by atoms with Gasteiger partial charge in [-0.15, -0.1) is 0 Å². The molecule has 0 saturated carbocycles. The lowest BCUT2D eigenvalue weighted by Gasteiger charge is -1.99. The summed E-state index contributed by atoms with van der Waals surface area (Å²) in [4.78, 5) is 21.4. The van der Waals surface area contributed by atoms with E-state index in [2.05, 4.69) is 0 Å². The molecule has 2 heterocycles. The fourth-order valence-corrected chi connectivity index (χ4v) is 2.03. The molecule has 0 radical (unpaired) electrons. The van der Waals surface area contributed by atoms with Crippen LogP contribution in [-0.4, -0.2) is 22.0 Å². The Kier molecular flexibility index (Phi) is 3.29. The van der Waals surface area contributed by atoms with Crippen molar-refractivity contribution in [3.8, 4) is 11.3 Å². The number of ketones is 1. The van der Waals surface area contributed by atoms with Crippen LogP contribution in [0.15, 0.2) is 39.6 Å². The Bertz CT molecular complexity index is 606. The van der Waals surface area contributed by atoms with E-state index < -0.39 is 17.5 Å². The van der Waals surface area contributed by atoms with E-state index in [1.165, 1.54) is 23.7 Å². The molecule has 0 unspecified atom stereocenters. The Morgan fingerprint density at radius 3 is 2.67 bits per heavy atom. The number of carbonyl (C=O) groups excluding carboxylic acids is 1. The van der Waals surface area contributed by atoms with Gasteiger partial charge in [-0.25, -0.2) is 4.79 Å². The predicted octanol–water partition coefficient (Wildman–Crippen LogP) is 2.56. The van der Waals surface area contributed by atoms with E-state index in [1.54, 1.807) is 6.07 Å². The number of hydrogen-bond acceptors (Lipinski definition) is 5. The van der Waals surface area contributed by atoms with Crippen LogP contribution in [0.25, 0.3) is 17.1 Å². The maximum absolute atomic E-state index is 11.0. The third-order valence-electron chi connectivity index (χ3n) is 2.20. The lowest BCUT2D eigenvalue weighted by atomic mass is 10.1. The van der Waals surface area contributed by atoms with Gasteiger partial charge in [0.2, 0.25) is 0 Å². The number of thiophene rings is 1. The van der Waals surface area contributed by atoms with Crippen LogP contribution in [0.2, 0.25) is 0 Å². The predicted molar refractivity (Wildman–Crippen MR) is 65.3 cm³/mol. The molecule has 6 heteroatoms. The number of aliphatic hydroxyl groups excluding tert-OH is 1. The number of carboxylic acids is 1. The zero-order valence-corrected chi connectivity index (χ0v) is 9.81. The van der Waals surface area contributed by atoms with Crippen molar-refractivity contribution in [3.05, 3.63) is 40.8 Å². The highest BCUT2D eigenvalue weighted by atomic mass is 32.1. The normalized spacial score (nSPS) is 11.4. The molecule has 0 spiro atoms. The molecule has 0 bridgehead atoms. The molecule has 0 aliphatic rings. The standard InChI is InChI=1S/C12H8O5S/c13-9(5-10(14)12(15)16)8-1-3-17-11(8)7-2-4-18-6-7/h1-6,13H,(H,15,16). The van der Waals surface area contributed by atoms with E-state index in [0.717, 1.165) is 5.56 Å². The van der Waals surface area contributed by atoms with Crippen molar-refractivity contribution in [2.75, 3.05) is 0 Å². The molecule has 0 aromatic carbocycles. The molecule has 2 aromatic rings. The highest BCUT2D eigenvalue weighted by molar-refractivity contribution is 7.08. The van der Waals surface area contributed by atoms with Crippen molar-refractivity contribution >= 4 is 28.8 Å². The summed E-state index contributed by atoms with van der Waals surface area (Å²) in [6.07, 6.45) is 2.01. The van der Waals surface area contributed by atoms with Crippen molar-refractivity contribution in [3.63, 3.8) is 0 Å². The Balaban J connectivity index is 2.38. The van der Waals surface area contributed by atoms with Crippen LogP contribution in [-0.2, 0) is 9.59 Å². The van der Waals surface area contributed by atoms with Crippen molar-refractivity contribution in [1.29, 1.82) is 0 Å². The highest BCUT2D eigenvalue weighted by Crippen LogP contribution is 2.30. The quantitative estimate of drug-likeness (QED) is 0.503. The van der Waals surface area contributed by atoms with Gasteiger partial charge in [-0.05, 0) is 17.5 Å². The molecule has 92 valence electrons. The van der Waals surface area contributed by atoms with Gasteiger partial charge >= 0.3 is 5.97 Å². The third-order valence-corrected chi connectivity index (χ3v) is 2.89. The maximum atomic E-state index is 11.0. The Morgan fingerprint density at radius 1 is 1.28 bits per heavy atom. The molecule has 2 rings (SSSR count). The van der Waals surface area contributed by atoms with E-state index in [9.17, 15) is 14.7 Å². The second kappa shape index (κ2) is 4.89. The fraction of sp³-hybridized carbons (Fsp3) is 0. The van der Waals surface area contributed by atoms with Crippen LogP contribution in [0.1, 0.15) is 5.56 Å². The van der Waals surface area contributed by atoms with E-state index in [-0.39, 0.29) is 5.56 Å². The number of hydrogen-bond donors (Lipinski definition) is 2. The monoisotopic (exact) mass is 264 g/mol. The molecule has 2 aromatic heterocycles. The minimum Gasteiger partial charge on any atom is -0.507 e. The molecule has 0 amide bonds. The van der Waals surface area contributed by atoms with Crippen LogP contribution in [0.4, 0.5) is 0 Å². The Labute approximate surface area is 106 Å². The van der Waals surface area contributed by atoms with E-state index in [4.69, 9.17) is 9.52 Å². The van der Waals surface area contributed by atoms with Crippen LogP contribution in [0, 0.1) is 0 Å².